The molecule has 13 heteroatoms. The van der Waals surface area contributed by atoms with Gasteiger partial charge in [0.2, 0.25) is 0 Å². The van der Waals surface area contributed by atoms with Gasteiger partial charge in [0.15, 0.2) is 5.16 Å². The highest BCUT2D eigenvalue weighted by Gasteiger charge is 2.42. The van der Waals surface area contributed by atoms with Gasteiger partial charge in [0.25, 0.3) is 0 Å². The van der Waals surface area contributed by atoms with Crippen LogP contribution in [0.3, 0.4) is 0 Å². The fraction of sp³-hybridized carbons (Fsp3) is 0.556. The predicted octanol–water partition coefficient (Wildman–Crippen LogP) is 7.53. The lowest BCUT2D eigenvalue weighted by molar-refractivity contribution is -0.139. The van der Waals surface area contributed by atoms with E-state index in [0.717, 1.165) is 28.4 Å². The molecule has 0 saturated carbocycles. The van der Waals surface area contributed by atoms with Crippen LogP contribution in [-0.2, 0) is 30.3 Å². The Balaban J connectivity index is 1.47. The van der Waals surface area contributed by atoms with Crippen molar-refractivity contribution < 1.29 is 27.4 Å². The quantitative estimate of drug-likeness (QED) is 0.184. The molecule has 9 nitrogen and oxygen atoms in total. The van der Waals surface area contributed by atoms with Gasteiger partial charge in [-0.15, -0.1) is 0 Å². The molecule has 2 aromatic heterocycles. The molecule has 1 fully saturated rings. The van der Waals surface area contributed by atoms with Gasteiger partial charge in [0.1, 0.15) is 23.0 Å². The van der Waals surface area contributed by atoms with Crippen molar-refractivity contribution in [3.63, 3.8) is 0 Å². The third kappa shape index (κ3) is 8.19. The van der Waals surface area contributed by atoms with E-state index in [1.165, 1.54) is 24.8 Å². The standard InChI is InChI=1S/C36H47F3N6O3S/c1-21-16-27-28(40-33(49-9)42-32(27)45-15-14-44(19-23(45)3)34(46)48-35(4,5)6)18-26(21)31-30(36(37,38)39)22(2)17-29(41-31)43(7)20-24-10-12-25(47-8)13-11-24/h10-13,17,21,23,26H,14-16,18-20H2,1-9H3/t21?,23-,26?/m0/s1. The van der Waals surface area contributed by atoms with Gasteiger partial charge in [-0.3, -0.25) is 0 Å². The molecule has 3 atom stereocenters. The normalized spacial score (nSPS) is 19.8. The summed E-state index contributed by atoms with van der Waals surface area (Å²) in [6.45, 7) is 13.1. The smallest absolute Gasteiger partial charge is 0.418 e. The molecule has 0 bridgehead atoms. The van der Waals surface area contributed by atoms with Gasteiger partial charge in [-0.25, -0.2) is 19.7 Å². The maximum Gasteiger partial charge on any atom is 0.418 e. The number of anilines is 2. The lowest BCUT2D eigenvalue weighted by atomic mass is 9.75. The summed E-state index contributed by atoms with van der Waals surface area (Å²) in [4.78, 5) is 33.2. The molecule has 3 aromatic rings. The molecule has 1 saturated heterocycles. The van der Waals surface area contributed by atoms with Crippen LogP contribution in [0.25, 0.3) is 0 Å². The van der Waals surface area contributed by atoms with Crippen molar-refractivity contribution in [3.8, 4) is 5.75 Å². The Morgan fingerprint density at radius 3 is 2.35 bits per heavy atom. The maximum absolute atomic E-state index is 14.7. The number of amides is 1. The average Bonchev–Trinajstić information content (AvgIpc) is 3.02. The summed E-state index contributed by atoms with van der Waals surface area (Å²) < 4.78 is 55.1. The number of aromatic nitrogens is 3. The molecule has 266 valence electrons. The minimum absolute atomic E-state index is 0.0536. The highest BCUT2D eigenvalue weighted by molar-refractivity contribution is 7.98. The van der Waals surface area contributed by atoms with E-state index in [2.05, 4.69) is 11.8 Å². The molecular weight excluding hydrogens is 653 g/mol. The average molecular weight is 701 g/mol. The number of nitrogens with zero attached hydrogens (tertiary/aromatic N) is 6. The van der Waals surface area contributed by atoms with E-state index in [1.807, 2.05) is 70.2 Å². The zero-order valence-corrected chi connectivity index (χ0v) is 30.6. The van der Waals surface area contributed by atoms with E-state index in [9.17, 15) is 18.0 Å². The number of rotatable bonds is 7. The van der Waals surface area contributed by atoms with Gasteiger partial charge in [-0.2, -0.15) is 13.2 Å². The van der Waals surface area contributed by atoms with E-state index in [4.69, 9.17) is 24.4 Å². The first kappa shape index (κ1) is 36.5. The number of benzene rings is 1. The summed E-state index contributed by atoms with van der Waals surface area (Å²) in [6, 6.07) is 9.08. The van der Waals surface area contributed by atoms with Crippen LogP contribution < -0.4 is 14.5 Å². The largest absolute Gasteiger partial charge is 0.497 e. The number of methoxy groups -OCH3 is 1. The summed E-state index contributed by atoms with van der Waals surface area (Å²) in [7, 11) is 3.45. The first-order valence-corrected chi connectivity index (χ1v) is 17.8. The highest BCUT2D eigenvalue weighted by atomic mass is 32.2. The minimum Gasteiger partial charge on any atom is -0.497 e. The van der Waals surface area contributed by atoms with Crippen molar-refractivity contribution in [2.75, 3.05) is 49.8 Å². The zero-order chi connectivity index (χ0) is 35.8. The molecule has 1 aliphatic carbocycles. The van der Waals surface area contributed by atoms with Crippen molar-refractivity contribution in [2.45, 2.75) is 89.8 Å². The van der Waals surface area contributed by atoms with Crippen molar-refractivity contribution >= 4 is 29.5 Å². The van der Waals surface area contributed by atoms with Gasteiger partial charge in [0, 0.05) is 50.7 Å². The van der Waals surface area contributed by atoms with Crippen LogP contribution in [0.4, 0.5) is 29.6 Å². The second kappa shape index (κ2) is 14.2. The summed E-state index contributed by atoms with van der Waals surface area (Å²) in [5.74, 6) is 1.35. The van der Waals surface area contributed by atoms with Crippen LogP contribution in [0.5, 0.6) is 5.75 Å². The Morgan fingerprint density at radius 2 is 1.76 bits per heavy atom. The number of carbonyl (C=O) groups is 1. The molecule has 1 aliphatic heterocycles. The molecule has 3 heterocycles. The van der Waals surface area contributed by atoms with Gasteiger partial charge in [-0.1, -0.05) is 30.8 Å². The Kier molecular flexibility index (Phi) is 10.6. The predicted molar refractivity (Wildman–Crippen MR) is 187 cm³/mol. The fourth-order valence-corrected chi connectivity index (χ4v) is 7.18. The van der Waals surface area contributed by atoms with Crippen LogP contribution in [0.1, 0.15) is 74.2 Å². The van der Waals surface area contributed by atoms with Crippen molar-refractivity contribution in [3.05, 3.63) is 64.0 Å². The molecule has 5 rings (SSSR count). The topological polar surface area (TPSA) is 83.9 Å². The number of piperazine rings is 1. The Labute approximate surface area is 291 Å². The number of halogens is 3. The van der Waals surface area contributed by atoms with Crippen molar-refractivity contribution in [1.82, 2.24) is 19.9 Å². The zero-order valence-electron chi connectivity index (χ0n) is 29.8. The molecule has 0 spiro atoms. The third-order valence-corrected chi connectivity index (χ3v) is 9.79. The van der Waals surface area contributed by atoms with Crippen molar-refractivity contribution in [1.29, 1.82) is 0 Å². The number of thioether (sulfide) groups is 1. The lowest BCUT2D eigenvalue weighted by Crippen LogP contribution is -2.55. The van der Waals surface area contributed by atoms with Gasteiger partial charge in [-0.05, 0) is 89.0 Å². The molecule has 0 N–H and O–H groups in total. The molecule has 2 unspecified atom stereocenters. The van der Waals surface area contributed by atoms with Crippen LogP contribution in [0, 0.1) is 12.8 Å². The van der Waals surface area contributed by atoms with Crippen molar-refractivity contribution in [2.24, 2.45) is 5.92 Å². The number of carbonyl (C=O) groups excluding carboxylic acids is 1. The number of ether oxygens (including phenoxy) is 2. The monoisotopic (exact) mass is 700 g/mol. The van der Waals surface area contributed by atoms with Gasteiger partial charge < -0.3 is 24.2 Å². The van der Waals surface area contributed by atoms with E-state index < -0.39 is 23.3 Å². The Bertz CT molecular complexity index is 1660. The second-order valence-corrected chi connectivity index (χ2v) is 15.0. The molecule has 0 radical (unpaired) electrons. The summed E-state index contributed by atoms with van der Waals surface area (Å²) >= 11 is 1.41. The van der Waals surface area contributed by atoms with E-state index in [-0.39, 0.29) is 29.3 Å². The molecule has 49 heavy (non-hydrogen) atoms. The number of alkyl halides is 3. The van der Waals surface area contributed by atoms with E-state index in [0.29, 0.717) is 50.0 Å². The molecule has 1 amide bonds. The van der Waals surface area contributed by atoms with E-state index in [1.54, 1.807) is 12.0 Å². The summed E-state index contributed by atoms with van der Waals surface area (Å²) in [5.41, 5.74) is 1.65. The Hall–Kier alpha value is -3.74. The third-order valence-electron chi connectivity index (χ3n) is 9.25. The molecule has 1 aromatic carbocycles. The Morgan fingerprint density at radius 1 is 1.06 bits per heavy atom. The minimum atomic E-state index is -4.57. The summed E-state index contributed by atoms with van der Waals surface area (Å²) in [5, 5.41) is 0.567. The molecular formula is C36H47F3N6O3S. The first-order chi connectivity index (χ1) is 23.0. The van der Waals surface area contributed by atoms with E-state index >= 15 is 0 Å². The second-order valence-electron chi connectivity index (χ2n) is 14.2. The van der Waals surface area contributed by atoms with Gasteiger partial charge in [0.05, 0.1) is 24.1 Å². The number of hydrogen-bond donors (Lipinski definition) is 0. The first-order valence-electron chi connectivity index (χ1n) is 16.6. The number of pyridine rings is 1. The summed E-state index contributed by atoms with van der Waals surface area (Å²) in [6.07, 6.45) is -2.19. The number of fused-ring (bicyclic) bond motifs is 1. The van der Waals surface area contributed by atoms with Crippen LogP contribution in [-0.4, -0.2) is 77.6 Å². The van der Waals surface area contributed by atoms with Crippen LogP contribution in [0.15, 0.2) is 35.5 Å². The molecule has 2 aliphatic rings. The van der Waals surface area contributed by atoms with Gasteiger partial charge >= 0.3 is 12.3 Å². The highest BCUT2D eigenvalue weighted by Crippen LogP contribution is 2.45. The number of hydrogen-bond acceptors (Lipinski definition) is 9. The SMILES string of the molecule is COc1ccc(CN(C)c2cc(C)c(C(F)(F)F)c(C3Cc4nc(SC)nc(N5CCN(C(=O)OC(C)(C)C)C[C@@H]5C)c4CC3C)n2)cc1. The number of aryl methyl sites for hydroxylation is 1. The van der Waals surface area contributed by atoms with Crippen LogP contribution >= 0.6 is 11.8 Å². The fourth-order valence-electron chi connectivity index (χ4n) is 6.80. The maximum atomic E-state index is 14.7. The lowest BCUT2D eigenvalue weighted by Gasteiger charge is -2.42. The van der Waals surface area contributed by atoms with Crippen LogP contribution in [0.2, 0.25) is 0 Å².